The van der Waals surface area contributed by atoms with Gasteiger partial charge in [0, 0.05) is 17.1 Å². The molecule has 0 fully saturated rings. The first-order valence-corrected chi connectivity index (χ1v) is 6.87. The molecule has 0 amide bonds. The fourth-order valence-corrected chi connectivity index (χ4v) is 2.27. The van der Waals surface area contributed by atoms with E-state index in [1.807, 2.05) is 19.9 Å². The summed E-state index contributed by atoms with van der Waals surface area (Å²) in [5.41, 5.74) is 1.93. The van der Waals surface area contributed by atoms with E-state index >= 15 is 0 Å². The van der Waals surface area contributed by atoms with E-state index in [0.717, 1.165) is 12.0 Å². The number of ketones is 1. The summed E-state index contributed by atoms with van der Waals surface area (Å²) < 4.78 is 6.93. The zero-order valence-electron chi connectivity index (χ0n) is 11.8. The highest BCUT2D eigenvalue weighted by Crippen LogP contribution is 2.24. The Hall–Kier alpha value is -1.81. The Morgan fingerprint density at radius 3 is 2.85 bits per heavy atom. The van der Waals surface area contributed by atoms with Gasteiger partial charge in [-0.2, -0.15) is 5.10 Å². The van der Waals surface area contributed by atoms with Crippen molar-refractivity contribution in [2.75, 3.05) is 7.11 Å². The molecule has 1 aromatic carbocycles. The molecule has 0 unspecified atom stereocenters. The third-order valence-corrected chi connectivity index (χ3v) is 3.36. The molecular weight excluding hydrogens is 276 g/mol. The fourth-order valence-electron chi connectivity index (χ4n) is 2.09. The second-order valence-electron chi connectivity index (χ2n) is 4.57. The van der Waals surface area contributed by atoms with E-state index in [1.54, 1.807) is 23.0 Å². The van der Waals surface area contributed by atoms with Gasteiger partial charge in [0.1, 0.15) is 0 Å². The smallest absolute Gasteiger partial charge is 0.215 e. The lowest BCUT2D eigenvalue weighted by Gasteiger charge is -2.09. The molecule has 20 heavy (non-hydrogen) atoms. The lowest BCUT2D eigenvalue weighted by Crippen LogP contribution is -2.13. The van der Waals surface area contributed by atoms with Crippen molar-refractivity contribution in [2.45, 2.75) is 26.8 Å². The zero-order valence-corrected chi connectivity index (χ0v) is 12.6. The van der Waals surface area contributed by atoms with Gasteiger partial charge in [0.25, 0.3) is 0 Å². The highest BCUT2D eigenvalue weighted by atomic mass is 35.5. The van der Waals surface area contributed by atoms with Crippen LogP contribution in [0.15, 0.2) is 24.4 Å². The maximum absolute atomic E-state index is 12.8. The van der Waals surface area contributed by atoms with Crippen LogP contribution in [0.2, 0.25) is 5.02 Å². The molecule has 0 spiro atoms. The van der Waals surface area contributed by atoms with Crippen molar-refractivity contribution in [3.8, 4) is 5.75 Å². The van der Waals surface area contributed by atoms with Gasteiger partial charge in [-0.05, 0) is 31.0 Å². The van der Waals surface area contributed by atoms with Crippen LogP contribution in [-0.2, 0) is 6.54 Å². The van der Waals surface area contributed by atoms with E-state index in [-0.39, 0.29) is 5.78 Å². The quantitative estimate of drug-likeness (QED) is 0.792. The number of aromatic nitrogens is 2. The number of nitrogens with zero attached hydrogens (tertiary/aromatic N) is 2. The van der Waals surface area contributed by atoms with Gasteiger partial charge in [0.15, 0.2) is 11.4 Å². The second kappa shape index (κ2) is 6.09. The van der Waals surface area contributed by atoms with Gasteiger partial charge in [-0.25, -0.2) is 0 Å². The number of rotatable bonds is 5. The molecule has 4 nitrogen and oxygen atoms in total. The molecule has 2 rings (SSSR count). The van der Waals surface area contributed by atoms with Gasteiger partial charge in [-0.15, -0.1) is 0 Å². The van der Waals surface area contributed by atoms with Crippen molar-refractivity contribution in [3.05, 3.63) is 46.2 Å². The number of ether oxygens (including phenoxy) is 1. The molecule has 0 saturated carbocycles. The molecule has 1 heterocycles. The van der Waals surface area contributed by atoms with Crippen LogP contribution in [0.25, 0.3) is 0 Å². The van der Waals surface area contributed by atoms with Crippen molar-refractivity contribution in [2.24, 2.45) is 0 Å². The van der Waals surface area contributed by atoms with Crippen LogP contribution in [0.3, 0.4) is 0 Å². The van der Waals surface area contributed by atoms with Crippen molar-refractivity contribution >= 4 is 17.4 Å². The Balaban J connectivity index is 2.52. The second-order valence-corrected chi connectivity index (χ2v) is 5.01. The minimum Gasteiger partial charge on any atom is -0.493 e. The molecule has 1 aromatic heterocycles. The van der Waals surface area contributed by atoms with Gasteiger partial charge in [0.05, 0.1) is 13.3 Å². The van der Waals surface area contributed by atoms with Crippen LogP contribution >= 0.6 is 11.6 Å². The van der Waals surface area contributed by atoms with E-state index in [0.29, 0.717) is 28.6 Å². The first-order chi connectivity index (χ1) is 9.58. The van der Waals surface area contributed by atoms with Crippen LogP contribution in [0.4, 0.5) is 0 Å². The molecule has 0 N–H and O–H groups in total. The van der Waals surface area contributed by atoms with Crippen LogP contribution in [-0.4, -0.2) is 22.7 Å². The van der Waals surface area contributed by atoms with Crippen molar-refractivity contribution in [3.63, 3.8) is 0 Å². The summed E-state index contributed by atoms with van der Waals surface area (Å²) in [7, 11) is 1.54. The minimum absolute atomic E-state index is 0.118. The summed E-state index contributed by atoms with van der Waals surface area (Å²) >= 11 is 5.99. The third kappa shape index (κ3) is 2.70. The maximum atomic E-state index is 12.8. The number of aryl methyl sites for hydroxylation is 2. The SMILES string of the molecule is CCCn1ncc(OC)c1C(=O)c1cc(Cl)ccc1C. The number of carbonyl (C=O) groups is 1. The summed E-state index contributed by atoms with van der Waals surface area (Å²) in [6.07, 6.45) is 2.46. The van der Waals surface area contributed by atoms with Crippen molar-refractivity contribution < 1.29 is 9.53 Å². The van der Waals surface area contributed by atoms with E-state index < -0.39 is 0 Å². The predicted molar refractivity (Wildman–Crippen MR) is 78.7 cm³/mol. The summed E-state index contributed by atoms with van der Waals surface area (Å²) in [6, 6.07) is 5.29. The highest BCUT2D eigenvalue weighted by Gasteiger charge is 2.22. The monoisotopic (exact) mass is 292 g/mol. The van der Waals surface area contributed by atoms with Gasteiger partial charge in [0.2, 0.25) is 5.78 Å². The first kappa shape index (κ1) is 14.6. The van der Waals surface area contributed by atoms with E-state index in [4.69, 9.17) is 16.3 Å². The van der Waals surface area contributed by atoms with Gasteiger partial charge in [-0.1, -0.05) is 24.6 Å². The van der Waals surface area contributed by atoms with Gasteiger partial charge >= 0.3 is 0 Å². The largest absolute Gasteiger partial charge is 0.493 e. The van der Waals surface area contributed by atoms with Crippen LogP contribution in [0.1, 0.15) is 35.0 Å². The molecule has 2 aromatic rings. The highest BCUT2D eigenvalue weighted by molar-refractivity contribution is 6.31. The van der Waals surface area contributed by atoms with E-state index in [1.165, 1.54) is 7.11 Å². The topological polar surface area (TPSA) is 44.1 Å². The average Bonchev–Trinajstić information content (AvgIpc) is 2.84. The number of hydrogen-bond donors (Lipinski definition) is 0. The van der Waals surface area contributed by atoms with Crippen LogP contribution in [0, 0.1) is 6.92 Å². The fraction of sp³-hybridized carbons (Fsp3) is 0.333. The van der Waals surface area contributed by atoms with Crippen LogP contribution in [0.5, 0.6) is 5.75 Å². The molecule has 5 heteroatoms. The molecule has 0 aliphatic carbocycles. The predicted octanol–water partition coefficient (Wildman–Crippen LogP) is 3.49. The normalized spacial score (nSPS) is 10.6. The van der Waals surface area contributed by atoms with E-state index in [2.05, 4.69) is 5.10 Å². The van der Waals surface area contributed by atoms with Crippen LogP contribution < -0.4 is 4.74 Å². The first-order valence-electron chi connectivity index (χ1n) is 6.49. The molecule has 0 aliphatic rings. The summed E-state index contributed by atoms with van der Waals surface area (Å²) in [5.74, 6) is 0.371. The number of methoxy groups -OCH3 is 1. The van der Waals surface area contributed by atoms with Crippen molar-refractivity contribution in [1.29, 1.82) is 0 Å². The summed E-state index contributed by atoms with van der Waals surface area (Å²) in [4.78, 5) is 12.8. The maximum Gasteiger partial charge on any atom is 0.215 e. The Kier molecular flexibility index (Phi) is 4.45. The molecule has 0 radical (unpaired) electrons. The summed E-state index contributed by atoms with van der Waals surface area (Å²) in [6.45, 7) is 4.59. The minimum atomic E-state index is -0.118. The molecule has 0 aliphatic heterocycles. The Labute approximate surface area is 123 Å². The standard InChI is InChI=1S/C15H17ClN2O2/c1-4-7-18-14(13(20-3)9-17-18)15(19)12-8-11(16)6-5-10(12)2/h5-6,8-9H,4,7H2,1-3H3. The molecular formula is C15H17ClN2O2. The third-order valence-electron chi connectivity index (χ3n) is 3.12. The number of hydrogen-bond acceptors (Lipinski definition) is 3. The number of halogens is 1. The number of carbonyl (C=O) groups excluding carboxylic acids is 1. The Bertz CT molecular complexity index is 635. The zero-order chi connectivity index (χ0) is 14.7. The van der Waals surface area contributed by atoms with Crippen molar-refractivity contribution in [1.82, 2.24) is 9.78 Å². The molecule has 0 bridgehead atoms. The van der Waals surface area contributed by atoms with Gasteiger partial charge < -0.3 is 4.74 Å². The lowest BCUT2D eigenvalue weighted by molar-refractivity contribution is 0.102. The van der Waals surface area contributed by atoms with E-state index in [9.17, 15) is 4.79 Å². The number of benzene rings is 1. The lowest BCUT2D eigenvalue weighted by atomic mass is 10.0. The Morgan fingerprint density at radius 2 is 2.20 bits per heavy atom. The molecule has 0 saturated heterocycles. The molecule has 106 valence electrons. The van der Waals surface area contributed by atoms with Gasteiger partial charge in [-0.3, -0.25) is 9.48 Å². The average molecular weight is 293 g/mol. The Morgan fingerprint density at radius 1 is 1.45 bits per heavy atom. The summed E-state index contributed by atoms with van der Waals surface area (Å²) in [5, 5.41) is 4.75. The molecule has 0 atom stereocenters.